The summed E-state index contributed by atoms with van der Waals surface area (Å²) in [4.78, 5) is 12.4. The minimum Gasteiger partial charge on any atom is -0.392 e. The fourth-order valence-corrected chi connectivity index (χ4v) is 2.89. The van der Waals surface area contributed by atoms with Crippen LogP contribution >= 0.6 is 12.2 Å². The monoisotopic (exact) mass is 306 g/mol. The van der Waals surface area contributed by atoms with Gasteiger partial charge in [-0.15, -0.1) is 0 Å². The van der Waals surface area contributed by atoms with Crippen LogP contribution in [0, 0.1) is 0 Å². The summed E-state index contributed by atoms with van der Waals surface area (Å²) in [6.45, 7) is 1.02. The third-order valence-corrected chi connectivity index (χ3v) is 3.97. The van der Waals surface area contributed by atoms with E-state index in [0.29, 0.717) is 19.3 Å². The van der Waals surface area contributed by atoms with Gasteiger partial charge in [0.05, 0.1) is 17.7 Å². The molecule has 0 aliphatic heterocycles. The van der Waals surface area contributed by atoms with Crippen LogP contribution in [0.5, 0.6) is 0 Å². The van der Waals surface area contributed by atoms with Crippen LogP contribution in [0.15, 0.2) is 30.3 Å². The quantitative estimate of drug-likeness (QED) is 0.598. The predicted molar refractivity (Wildman–Crippen MR) is 87.2 cm³/mol. The average Bonchev–Trinajstić information content (AvgIpc) is 2.98. The maximum Gasteiger partial charge on any atom is 0.234 e. The van der Waals surface area contributed by atoms with Crippen LogP contribution in [0.2, 0.25) is 0 Å². The van der Waals surface area contributed by atoms with Crippen LogP contribution in [0.4, 0.5) is 0 Å². The zero-order chi connectivity index (χ0) is 15.1. The van der Waals surface area contributed by atoms with Crippen molar-refractivity contribution in [1.29, 1.82) is 0 Å². The number of ether oxygens (including phenoxy) is 1. The molecule has 1 aliphatic rings. The molecule has 0 radical (unpaired) electrons. The Hall–Kier alpha value is -1.46. The fraction of sp³-hybridized carbons (Fsp3) is 0.500. The van der Waals surface area contributed by atoms with Crippen molar-refractivity contribution >= 4 is 23.1 Å². The molecule has 1 saturated carbocycles. The Kier molecular flexibility index (Phi) is 6.14. The number of thiocarbonyl (C=S) groups is 1. The summed E-state index contributed by atoms with van der Waals surface area (Å²) in [5, 5.41) is 2.86. The summed E-state index contributed by atoms with van der Waals surface area (Å²) in [5.74, 6) is -0.739. The summed E-state index contributed by atoms with van der Waals surface area (Å²) in [7, 11) is 0. The molecule has 5 heteroatoms. The lowest BCUT2D eigenvalue weighted by Crippen LogP contribution is -2.38. The molecular weight excluding hydrogens is 284 g/mol. The van der Waals surface area contributed by atoms with E-state index in [-0.39, 0.29) is 10.9 Å². The number of amides is 1. The molecule has 1 aliphatic carbocycles. The van der Waals surface area contributed by atoms with Crippen LogP contribution in [-0.2, 0) is 9.53 Å². The third-order valence-electron chi connectivity index (χ3n) is 3.74. The lowest BCUT2D eigenvalue weighted by atomic mass is 9.98. The van der Waals surface area contributed by atoms with Gasteiger partial charge in [0.15, 0.2) is 0 Å². The van der Waals surface area contributed by atoms with Crippen molar-refractivity contribution in [2.24, 2.45) is 5.73 Å². The minimum absolute atomic E-state index is 0.163. The molecule has 4 nitrogen and oxygen atoms in total. The van der Waals surface area contributed by atoms with Crippen molar-refractivity contribution in [3.05, 3.63) is 35.9 Å². The van der Waals surface area contributed by atoms with Crippen LogP contribution in [0.25, 0.3) is 0 Å². The largest absolute Gasteiger partial charge is 0.392 e. The van der Waals surface area contributed by atoms with Gasteiger partial charge in [-0.2, -0.15) is 0 Å². The fourth-order valence-electron chi connectivity index (χ4n) is 2.65. The van der Waals surface area contributed by atoms with E-state index < -0.39 is 5.92 Å². The molecule has 1 atom stereocenters. The summed E-state index contributed by atoms with van der Waals surface area (Å²) in [5.41, 5.74) is 6.53. The van der Waals surface area contributed by atoms with Crippen molar-refractivity contribution in [2.45, 2.75) is 37.7 Å². The first-order chi connectivity index (χ1) is 10.2. The molecule has 1 aromatic rings. The Labute approximate surface area is 131 Å². The van der Waals surface area contributed by atoms with E-state index in [4.69, 9.17) is 22.7 Å². The number of hydrogen-bond donors (Lipinski definition) is 2. The second kappa shape index (κ2) is 8.10. The summed E-state index contributed by atoms with van der Waals surface area (Å²) >= 11 is 5.03. The first-order valence-electron chi connectivity index (χ1n) is 7.42. The van der Waals surface area contributed by atoms with Gasteiger partial charge in [0.1, 0.15) is 5.92 Å². The molecule has 114 valence electrons. The molecule has 0 spiro atoms. The number of nitrogens with two attached hydrogens (primary N) is 1. The standard InChI is InChI=1S/C16H22N2O2S/c17-15(21)14(12-6-2-1-3-7-12)16(19)18-10-11-20-13-8-4-5-9-13/h1-3,6-7,13-14H,4-5,8-11H2,(H2,17,21)(H,18,19). The van der Waals surface area contributed by atoms with Gasteiger partial charge in [-0.1, -0.05) is 55.4 Å². The molecule has 1 unspecified atom stereocenters. The van der Waals surface area contributed by atoms with E-state index in [1.807, 2.05) is 30.3 Å². The maximum atomic E-state index is 12.2. The molecule has 0 heterocycles. The van der Waals surface area contributed by atoms with Crippen molar-refractivity contribution < 1.29 is 9.53 Å². The summed E-state index contributed by atoms with van der Waals surface area (Å²) in [6, 6.07) is 9.36. The van der Waals surface area contributed by atoms with Crippen LogP contribution in [0.3, 0.4) is 0 Å². The smallest absolute Gasteiger partial charge is 0.234 e. The lowest BCUT2D eigenvalue weighted by Gasteiger charge is -2.17. The van der Waals surface area contributed by atoms with Gasteiger partial charge in [-0.25, -0.2) is 0 Å². The number of benzene rings is 1. The SMILES string of the molecule is NC(=S)C(C(=O)NCCOC1CCCC1)c1ccccc1. The van der Waals surface area contributed by atoms with Gasteiger partial charge in [0.2, 0.25) is 5.91 Å². The highest BCUT2D eigenvalue weighted by atomic mass is 32.1. The molecule has 2 rings (SSSR count). The van der Waals surface area contributed by atoms with E-state index >= 15 is 0 Å². The first-order valence-corrected chi connectivity index (χ1v) is 7.83. The van der Waals surface area contributed by atoms with E-state index in [2.05, 4.69) is 5.32 Å². The molecular formula is C16H22N2O2S. The number of carbonyl (C=O) groups is 1. The van der Waals surface area contributed by atoms with Crippen molar-refractivity contribution in [1.82, 2.24) is 5.32 Å². The number of nitrogens with one attached hydrogen (secondary N) is 1. The molecule has 1 fully saturated rings. The highest BCUT2D eigenvalue weighted by Gasteiger charge is 2.23. The van der Waals surface area contributed by atoms with Crippen LogP contribution < -0.4 is 11.1 Å². The zero-order valence-corrected chi connectivity index (χ0v) is 12.9. The predicted octanol–water partition coefficient (Wildman–Crippen LogP) is 2.13. The number of hydrogen-bond acceptors (Lipinski definition) is 3. The third kappa shape index (κ3) is 4.79. The average molecular weight is 306 g/mol. The van der Waals surface area contributed by atoms with E-state index in [1.54, 1.807) is 0 Å². The molecule has 0 aromatic heterocycles. The van der Waals surface area contributed by atoms with Crippen molar-refractivity contribution in [2.75, 3.05) is 13.2 Å². The Balaban J connectivity index is 1.80. The van der Waals surface area contributed by atoms with Crippen molar-refractivity contribution in [3.8, 4) is 0 Å². The Bertz CT molecular complexity index is 472. The lowest BCUT2D eigenvalue weighted by molar-refractivity contribution is -0.121. The maximum absolute atomic E-state index is 12.2. The van der Waals surface area contributed by atoms with Crippen LogP contribution in [-0.4, -0.2) is 30.2 Å². The van der Waals surface area contributed by atoms with E-state index in [1.165, 1.54) is 12.8 Å². The number of carbonyl (C=O) groups excluding carboxylic acids is 1. The normalized spacial score (nSPS) is 16.6. The molecule has 0 saturated heterocycles. The van der Waals surface area contributed by atoms with Crippen LogP contribution in [0.1, 0.15) is 37.2 Å². The van der Waals surface area contributed by atoms with Gasteiger partial charge < -0.3 is 15.8 Å². The molecule has 0 bridgehead atoms. The zero-order valence-electron chi connectivity index (χ0n) is 12.1. The van der Waals surface area contributed by atoms with Gasteiger partial charge in [0, 0.05) is 6.54 Å². The Morgan fingerprint density at radius 1 is 1.33 bits per heavy atom. The Morgan fingerprint density at radius 2 is 2.00 bits per heavy atom. The highest BCUT2D eigenvalue weighted by Crippen LogP contribution is 2.20. The van der Waals surface area contributed by atoms with E-state index in [9.17, 15) is 4.79 Å². The van der Waals surface area contributed by atoms with E-state index in [0.717, 1.165) is 18.4 Å². The van der Waals surface area contributed by atoms with Gasteiger partial charge in [-0.05, 0) is 18.4 Å². The molecule has 1 aromatic carbocycles. The summed E-state index contributed by atoms with van der Waals surface area (Å²) in [6.07, 6.45) is 5.12. The van der Waals surface area contributed by atoms with Crippen molar-refractivity contribution in [3.63, 3.8) is 0 Å². The summed E-state index contributed by atoms with van der Waals surface area (Å²) < 4.78 is 5.72. The van der Waals surface area contributed by atoms with Gasteiger partial charge in [0.25, 0.3) is 0 Å². The molecule has 3 N–H and O–H groups in total. The van der Waals surface area contributed by atoms with Gasteiger partial charge >= 0.3 is 0 Å². The molecule has 1 amide bonds. The molecule has 21 heavy (non-hydrogen) atoms. The topological polar surface area (TPSA) is 64.4 Å². The second-order valence-corrected chi connectivity index (χ2v) is 5.79. The number of rotatable bonds is 7. The highest BCUT2D eigenvalue weighted by molar-refractivity contribution is 7.80. The second-order valence-electron chi connectivity index (χ2n) is 5.31. The minimum atomic E-state index is -0.576. The Morgan fingerprint density at radius 3 is 2.62 bits per heavy atom. The van der Waals surface area contributed by atoms with Gasteiger partial charge in [-0.3, -0.25) is 4.79 Å². The first kappa shape index (κ1) is 15.9.